The van der Waals surface area contributed by atoms with Gasteiger partial charge in [-0.05, 0) is 48.4 Å². The molecule has 1 aromatic heterocycles. The number of carbonyl (C=O) groups excluding carboxylic acids is 1. The van der Waals surface area contributed by atoms with Gasteiger partial charge in [-0.15, -0.1) is 0 Å². The Hall–Kier alpha value is -3.48. The van der Waals surface area contributed by atoms with Gasteiger partial charge in [0.2, 0.25) is 5.91 Å². The van der Waals surface area contributed by atoms with Gasteiger partial charge < -0.3 is 9.72 Å². The number of rotatable bonds is 7. The molecule has 0 bridgehead atoms. The van der Waals surface area contributed by atoms with Crippen molar-refractivity contribution in [2.75, 3.05) is 7.11 Å². The molecule has 138 valence electrons. The zero-order valence-electron chi connectivity index (χ0n) is 14.9. The molecule has 0 aliphatic rings. The predicted molar refractivity (Wildman–Crippen MR) is 104 cm³/mol. The Morgan fingerprint density at radius 1 is 1.22 bits per heavy atom. The molecule has 2 N–H and O–H groups in total. The third-order valence-electron chi connectivity index (χ3n) is 4.00. The number of aryl methyl sites for hydroxylation is 1. The highest BCUT2D eigenvalue weighted by atomic mass is 16.5. The standard InChI is InChI=1S/C20H20N4O3/c1-27-15-11-9-14(10-12-15)13-21-24-19(25)8-4-7-18-22-17-6-3-2-5-16(17)20(26)23-18/h2-3,5-6,9-13H,4,7-8H2,1H3,(H,24,25)(H,22,23,26)/b21-13+. The Labute approximate surface area is 156 Å². The summed E-state index contributed by atoms with van der Waals surface area (Å²) >= 11 is 0. The van der Waals surface area contributed by atoms with Crippen LogP contribution in [0, 0.1) is 0 Å². The molecular formula is C20H20N4O3. The fourth-order valence-corrected chi connectivity index (χ4v) is 2.59. The molecule has 27 heavy (non-hydrogen) atoms. The second-order valence-electron chi connectivity index (χ2n) is 5.95. The summed E-state index contributed by atoms with van der Waals surface area (Å²) in [6.07, 6.45) is 2.93. The molecule has 1 heterocycles. The Balaban J connectivity index is 1.48. The third kappa shape index (κ3) is 5.01. The maximum absolute atomic E-state index is 12.0. The summed E-state index contributed by atoms with van der Waals surface area (Å²) in [6.45, 7) is 0. The summed E-state index contributed by atoms with van der Waals surface area (Å²) in [5, 5.41) is 4.50. The van der Waals surface area contributed by atoms with E-state index in [1.165, 1.54) is 0 Å². The number of aromatic amines is 1. The first-order valence-corrected chi connectivity index (χ1v) is 8.59. The lowest BCUT2D eigenvalue weighted by atomic mass is 10.2. The Kier molecular flexibility index (Phi) is 5.94. The largest absolute Gasteiger partial charge is 0.497 e. The van der Waals surface area contributed by atoms with Gasteiger partial charge in [0.1, 0.15) is 11.6 Å². The SMILES string of the molecule is COc1ccc(/C=N/NC(=O)CCCc2nc3ccccc3c(=O)[nH]2)cc1. The summed E-state index contributed by atoms with van der Waals surface area (Å²) in [5.74, 6) is 1.15. The van der Waals surface area contributed by atoms with Crippen LogP contribution < -0.4 is 15.7 Å². The molecule has 0 radical (unpaired) electrons. The molecule has 0 saturated carbocycles. The van der Waals surface area contributed by atoms with Crippen molar-refractivity contribution in [1.82, 2.24) is 15.4 Å². The number of carbonyl (C=O) groups is 1. The van der Waals surface area contributed by atoms with Crippen LogP contribution in [0.3, 0.4) is 0 Å². The van der Waals surface area contributed by atoms with Crippen molar-refractivity contribution in [3.05, 3.63) is 70.3 Å². The lowest BCUT2D eigenvalue weighted by Gasteiger charge is -2.03. The maximum Gasteiger partial charge on any atom is 0.258 e. The normalized spacial score (nSPS) is 11.0. The fraction of sp³-hybridized carbons (Fsp3) is 0.200. The van der Waals surface area contributed by atoms with Gasteiger partial charge in [-0.1, -0.05) is 12.1 Å². The van der Waals surface area contributed by atoms with Crippen molar-refractivity contribution >= 4 is 23.0 Å². The number of hydrogen-bond donors (Lipinski definition) is 2. The monoisotopic (exact) mass is 364 g/mol. The number of fused-ring (bicyclic) bond motifs is 1. The minimum absolute atomic E-state index is 0.163. The number of nitrogens with one attached hydrogen (secondary N) is 2. The summed E-state index contributed by atoms with van der Waals surface area (Å²) in [5.41, 5.74) is 3.84. The zero-order valence-corrected chi connectivity index (χ0v) is 14.9. The van der Waals surface area contributed by atoms with Crippen molar-refractivity contribution in [2.45, 2.75) is 19.3 Å². The van der Waals surface area contributed by atoms with Crippen LogP contribution in [-0.2, 0) is 11.2 Å². The van der Waals surface area contributed by atoms with Crippen LogP contribution >= 0.6 is 0 Å². The van der Waals surface area contributed by atoms with Crippen molar-refractivity contribution in [3.8, 4) is 5.75 Å². The second-order valence-corrected chi connectivity index (χ2v) is 5.95. The lowest BCUT2D eigenvalue weighted by molar-refractivity contribution is -0.121. The highest BCUT2D eigenvalue weighted by molar-refractivity contribution is 5.82. The predicted octanol–water partition coefficient (Wildman–Crippen LogP) is 2.40. The number of ether oxygens (including phenoxy) is 1. The number of benzene rings is 2. The van der Waals surface area contributed by atoms with Crippen LogP contribution in [0.25, 0.3) is 10.9 Å². The molecule has 0 fully saturated rings. The maximum atomic E-state index is 12.0. The number of hydrogen-bond acceptors (Lipinski definition) is 5. The minimum atomic E-state index is -0.192. The molecule has 7 heteroatoms. The van der Waals surface area contributed by atoms with Crippen LogP contribution in [-0.4, -0.2) is 29.2 Å². The molecule has 0 saturated heterocycles. The second kappa shape index (κ2) is 8.75. The van der Waals surface area contributed by atoms with Gasteiger partial charge in [-0.25, -0.2) is 10.4 Å². The van der Waals surface area contributed by atoms with Crippen LogP contribution in [0.5, 0.6) is 5.75 Å². The van der Waals surface area contributed by atoms with E-state index in [2.05, 4.69) is 20.5 Å². The molecule has 0 aliphatic heterocycles. The number of para-hydroxylation sites is 1. The summed E-state index contributed by atoms with van der Waals surface area (Å²) < 4.78 is 5.08. The summed E-state index contributed by atoms with van der Waals surface area (Å²) in [4.78, 5) is 31.1. The first-order chi connectivity index (χ1) is 13.2. The Bertz CT molecular complexity index is 1010. The first-order valence-electron chi connectivity index (χ1n) is 8.59. The lowest BCUT2D eigenvalue weighted by Crippen LogP contribution is -2.18. The molecule has 0 unspecified atom stereocenters. The van der Waals surface area contributed by atoms with Crippen LogP contribution in [0.2, 0.25) is 0 Å². The molecule has 2 aromatic carbocycles. The van der Waals surface area contributed by atoms with E-state index in [4.69, 9.17) is 4.74 Å². The van der Waals surface area contributed by atoms with Gasteiger partial charge in [0.25, 0.3) is 5.56 Å². The molecule has 0 aliphatic carbocycles. The smallest absolute Gasteiger partial charge is 0.258 e. The van der Waals surface area contributed by atoms with Crippen LogP contribution in [0.15, 0.2) is 58.4 Å². The highest BCUT2D eigenvalue weighted by Gasteiger charge is 2.05. The summed E-state index contributed by atoms with van der Waals surface area (Å²) in [6, 6.07) is 14.5. The van der Waals surface area contributed by atoms with Gasteiger partial charge in [-0.3, -0.25) is 9.59 Å². The van der Waals surface area contributed by atoms with Crippen LogP contribution in [0.4, 0.5) is 0 Å². The van der Waals surface area contributed by atoms with E-state index in [0.717, 1.165) is 11.3 Å². The molecule has 1 amide bonds. The zero-order chi connectivity index (χ0) is 19.1. The number of methoxy groups -OCH3 is 1. The third-order valence-corrected chi connectivity index (χ3v) is 4.00. The van der Waals surface area contributed by atoms with E-state index in [0.29, 0.717) is 29.6 Å². The quantitative estimate of drug-likeness (QED) is 0.497. The van der Waals surface area contributed by atoms with Gasteiger partial charge in [0.05, 0.1) is 24.2 Å². The van der Waals surface area contributed by atoms with Gasteiger partial charge in [0.15, 0.2) is 0 Å². The number of H-pyrrole nitrogens is 1. The number of nitrogens with zero attached hydrogens (tertiary/aromatic N) is 2. The van der Waals surface area contributed by atoms with E-state index in [1.807, 2.05) is 30.3 Å². The van der Waals surface area contributed by atoms with Crippen molar-refractivity contribution in [2.24, 2.45) is 5.10 Å². The summed E-state index contributed by atoms with van der Waals surface area (Å²) in [7, 11) is 1.60. The molecule has 3 aromatic rings. The minimum Gasteiger partial charge on any atom is -0.497 e. The first kappa shape index (κ1) is 18.3. The van der Waals surface area contributed by atoms with E-state index >= 15 is 0 Å². The number of hydrazone groups is 1. The Morgan fingerprint density at radius 2 is 2.00 bits per heavy atom. The van der Waals surface area contributed by atoms with E-state index in [9.17, 15) is 9.59 Å². The average Bonchev–Trinajstić information content (AvgIpc) is 2.68. The van der Waals surface area contributed by atoms with Crippen molar-refractivity contribution in [3.63, 3.8) is 0 Å². The molecular weight excluding hydrogens is 344 g/mol. The van der Waals surface area contributed by atoms with Gasteiger partial charge >= 0.3 is 0 Å². The highest BCUT2D eigenvalue weighted by Crippen LogP contribution is 2.10. The molecule has 0 atom stereocenters. The van der Waals surface area contributed by atoms with Crippen LogP contribution in [0.1, 0.15) is 24.2 Å². The van der Waals surface area contributed by atoms with E-state index in [-0.39, 0.29) is 17.9 Å². The van der Waals surface area contributed by atoms with Crippen molar-refractivity contribution in [1.29, 1.82) is 0 Å². The number of aromatic nitrogens is 2. The van der Waals surface area contributed by atoms with Gasteiger partial charge in [0, 0.05) is 12.8 Å². The number of amides is 1. The average molecular weight is 364 g/mol. The van der Waals surface area contributed by atoms with Gasteiger partial charge in [-0.2, -0.15) is 5.10 Å². The molecule has 0 spiro atoms. The van der Waals surface area contributed by atoms with E-state index in [1.54, 1.807) is 31.5 Å². The van der Waals surface area contributed by atoms with E-state index < -0.39 is 0 Å². The molecule has 7 nitrogen and oxygen atoms in total. The Morgan fingerprint density at radius 3 is 2.78 bits per heavy atom. The topological polar surface area (TPSA) is 96.4 Å². The molecule has 3 rings (SSSR count). The fourth-order valence-electron chi connectivity index (χ4n) is 2.59. The van der Waals surface area contributed by atoms with Crippen molar-refractivity contribution < 1.29 is 9.53 Å².